The Morgan fingerprint density at radius 2 is 2.04 bits per heavy atom. The van der Waals surface area contributed by atoms with Crippen LogP contribution in [0.1, 0.15) is 37.9 Å². The molecule has 25 heavy (non-hydrogen) atoms. The van der Waals surface area contributed by atoms with Crippen LogP contribution in [0.4, 0.5) is 10.6 Å². The first kappa shape index (κ1) is 19.0. The van der Waals surface area contributed by atoms with Crippen molar-refractivity contribution in [3.8, 4) is 0 Å². The Kier molecular flexibility index (Phi) is 7.01. The van der Waals surface area contributed by atoms with E-state index in [1.165, 1.54) is 0 Å². The summed E-state index contributed by atoms with van der Waals surface area (Å²) in [6, 6.07) is 11.4. The molecule has 1 atom stereocenters. The van der Waals surface area contributed by atoms with Crippen LogP contribution in [0.5, 0.6) is 0 Å². The lowest BCUT2D eigenvalue weighted by molar-refractivity contribution is 0.119. The summed E-state index contributed by atoms with van der Waals surface area (Å²) >= 11 is 0. The van der Waals surface area contributed by atoms with E-state index in [1.807, 2.05) is 50.4 Å². The number of hydrogen-bond donors (Lipinski definition) is 2. The van der Waals surface area contributed by atoms with E-state index in [1.54, 1.807) is 9.58 Å². The minimum atomic E-state index is -0.545. The predicted octanol–water partition coefficient (Wildman–Crippen LogP) is 3.18. The third-order valence-electron chi connectivity index (χ3n) is 4.08. The van der Waals surface area contributed by atoms with E-state index in [0.29, 0.717) is 18.8 Å². The molecule has 2 amide bonds. The normalized spacial score (nSPS) is 12.0. The summed E-state index contributed by atoms with van der Waals surface area (Å²) in [6.07, 6.45) is 1.95. The number of amides is 2. The van der Waals surface area contributed by atoms with E-state index in [2.05, 4.69) is 17.3 Å². The van der Waals surface area contributed by atoms with Gasteiger partial charge in [-0.2, -0.15) is 5.10 Å². The molecule has 0 saturated heterocycles. The Balaban J connectivity index is 2.11. The van der Waals surface area contributed by atoms with Gasteiger partial charge in [-0.1, -0.05) is 50.6 Å². The van der Waals surface area contributed by atoms with Gasteiger partial charge in [-0.15, -0.1) is 0 Å². The number of benzene rings is 1. The molecule has 2 N–H and O–H groups in total. The van der Waals surface area contributed by atoms with Crippen molar-refractivity contribution in [3.05, 3.63) is 47.7 Å². The van der Waals surface area contributed by atoms with E-state index in [0.717, 1.165) is 24.1 Å². The number of nitrogens with one attached hydrogen (secondary N) is 1. The van der Waals surface area contributed by atoms with Gasteiger partial charge < -0.3 is 10.0 Å². The number of carbonyl (C=O) groups excluding carboxylic acids is 1. The molecular weight excluding hydrogens is 316 g/mol. The number of aliphatic hydroxyl groups is 1. The van der Waals surface area contributed by atoms with E-state index in [-0.39, 0.29) is 12.6 Å². The van der Waals surface area contributed by atoms with Crippen molar-refractivity contribution >= 4 is 11.8 Å². The van der Waals surface area contributed by atoms with E-state index in [9.17, 15) is 9.90 Å². The largest absolute Gasteiger partial charge is 0.391 e. The van der Waals surface area contributed by atoms with Crippen molar-refractivity contribution < 1.29 is 9.90 Å². The van der Waals surface area contributed by atoms with Gasteiger partial charge in [-0.3, -0.25) is 10.00 Å². The number of rotatable bonds is 8. The summed E-state index contributed by atoms with van der Waals surface area (Å²) < 4.78 is 1.68. The highest BCUT2D eigenvalue weighted by Gasteiger charge is 2.19. The van der Waals surface area contributed by atoms with Crippen LogP contribution in [0.25, 0.3) is 0 Å². The zero-order chi connectivity index (χ0) is 18.2. The van der Waals surface area contributed by atoms with Gasteiger partial charge in [0, 0.05) is 26.2 Å². The highest BCUT2D eigenvalue weighted by Crippen LogP contribution is 2.13. The molecular formula is C19H28N4O2. The van der Waals surface area contributed by atoms with Crippen LogP contribution < -0.4 is 5.32 Å². The molecule has 6 nitrogen and oxygen atoms in total. The molecule has 1 aromatic carbocycles. The molecule has 0 radical (unpaired) electrons. The monoisotopic (exact) mass is 344 g/mol. The number of urea groups is 1. The molecule has 1 unspecified atom stereocenters. The fourth-order valence-electron chi connectivity index (χ4n) is 2.62. The zero-order valence-corrected chi connectivity index (χ0v) is 15.3. The van der Waals surface area contributed by atoms with Gasteiger partial charge in [0.2, 0.25) is 0 Å². The molecule has 2 rings (SSSR count). The SMILES string of the molecule is CCCc1cc(NC(=O)N(Cc2ccccc2)CC(O)CC)n(C)n1. The summed E-state index contributed by atoms with van der Waals surface area (Å²) in [5.41, 5.74) is 1.99. The standard InChI is InChI=1S/C19H28N4O2/c1-4-9-16-12-18(22(3)21-16)20-19(25)23(14-17(24)5-2)13-15-10-7-6-8-11-15/h6-8,10-12,17,24H,4-5,9,13-14H2,1-3H3,(H,20,25). The van der Waals surface area contributed by atoms with Gasteiger partial charge in [-0.05, 0) is 18.4 Å². The summed E-state index contributed by atoms with van der Waals surface area (Å²) in [4.78, 5) is 14.4. The van der Waals surface area contributed by atoms with E-state index < -0.39 is 6.10 Å². The van der Waals surface area contributed by atoms with E-state index in [4.69, 9.17) is 0 Å². The molecule has 0 aliphatic carbocycles. The Hall–Kier alpha value is -2.34. The number of nitrogens with zero attached hydrogens (tertiary/aromatic N) is 3. The lowest BCUT2D eigenvalue weighted by Crippen LogP contribution is -2.40. The fourth-order valence-corrected chi connectivity index (χ4v) is 2.62. The van der Waals surface area contributed by atoms with Crippen LogP contribution in [0.3, 0.4) is 0 Å². The first-order chi connectivity index (χ1) is 12.0. The number of aryl methyl sites for hydroxylation is 2. The minimum Gasteiger partial charge on any atom is -0.391 e. The molecule has 0 aliphatic heterocycles. The van der Waals surface area contributed by atoms with Crippen molar-refractivity contribution in [2.24, 2.45) is 7.05 Å². The highest BCUT2D eigenvalue weighted by atomic mass is 16.3. The minimum absolute atomic E-state index is 0.234. The van der Waals surface area contributed by atoms with Gasteiger partial charge in [0.25, 0.3) is 0 Å². The molecule has 0 bridgehead atoms. The highest BCUT2D eigenvalue weighted by molar-refractivity contribution is 5.88. The Morgan fingerprint density at radius 1 is 1.32 bits per heavy atom. The molecule has 0 fully saturated rings. The molecule has 6 heteroatoms. The summed E-state index contributed by atoms with van der Waals surface area (Å²) in [7, 11) is 1.82. The first-order valence-electron chi connectivity index (χ1n) is 8.84. The molecule has 0 spiro atoms. The number of aliphatic hydroxyl groups excluding tert-OH is 1. The van der Waals surface area contributed by atoms with Gasteiger partial charge in [0.1, 0.15) is 5.82 Å². The second kappa shape index (κ2) is 9.22. The molecule has 1 aromatic heterocycles. The molecule has 0 saturated carbocycles. The maximum atomic E-state index is 12.8. The maximum Gasteiger partial charge on any atom is 0.323 e. The van der Waals surface area contributed by atoms with Crippen LogP contribution in [0.15, 0.2) is 36.4 Å². The number of hydrogen-bond acceptors (Lipinski definition) is 3. The van der Waals surface area contributed by atoms with Crippen LogP contribution in [-0.2, 0) is 20.0 Å². The predicted molar refractivity (Wildman–Crippen MR) is 99.4 cm³/mol. The van der Waals surface area contributed by atoms with Crippen LogP contribution in [0, 0.1) is 0 Å². The van der Waals surface area contributed by atoms with Crippen molar-refractivity contribution in [1.82, 2.24) is 14.7 Å². The summed E-state index contributed by atoms with van der Waals surface area (Å²) in [5, 5.41) is 17.3. The van der Waals surface area contributed by atoms with Crippen molar-refractivity contribution in [1.29, 1.82) is 0 Å². The van der Waals surface area contributed by atoms with Crippen molar-refractivity contribution in [2.75, 3.05) is 11.9 Å². The summed E-state index contributed by atoms with van der Waals surface area (Å²) in [5.74, 6) is 0.664. The van der Waals surface area contributed by atoms with Crippen LogP contribution in [0.2, 0.25) is 0 Å². The van der Waals surface area contributed by atoms with Crippen LogP contribution >= 0.6 is 0 Å². The quantitative estimate of drug-likeness (QED) is 0.773. The van der Waals surface area contributed by atoms with Crippen molar-refractivity contribution in [3.63, 3.8) is 0 Å². The number of aromatic nitrogens is 2. The smallest absolute Gasteiger partial charge is 0.323 e. The van der Waals surface area contributed by atoms with Gasteiger partial charge in [-0.25, -0.2) is 4.79 Å². The lowest BCUT2D eigenvalue weighted by atomic mass is 10.2. The Bertz CT molecular complexity index is 669. The third kappa shape index (κ3) is 5.60. The van der Waals surface area contributed by atoms with Gasteiger partial charge in [0.15, 0.2) is 0 Å². The van der Waals surface area contributed by atoms with Crippen molar-refractivity contribution in [2.45, 2.75) is 45.8 Å². The summed E-state index contributed by atoms with van der Waals surface area (Å²) in [6.45, 7) is 4.74. The zero-order valence-electron chi connectivity index (χ0n) is 15.3. The molecule has 136 valence electrons. The van der Waals surface area contributed by atoms with Crippen LogP contribution in [-0.4, -0.2) is 38.5 Å². The fraction of sp³-hybridized carbons (Fsp3) is 0.474. The van der Waals surface area contributed by atoms with Gasteiger partial charge >= 0.3 is 6.03 Å². The third-order valence-corrected chi connectivity index (χ3v) is 4.08. The average Bonchev–Trinajstić information content (AvgIpc) is 2.94. The lowest BCUT2D eigenvalue weighted by Gasteiger charge is -2.25. The van der Waals surface area contributed by atoms with E-state index >= 15 is 0 Å². The Labute approximate surface area is 149 Å². The average molecular weight is 344 g/mol. The second-order valence-electron chi connectivity index (χ2n) is 6.25. The molecule has 2 aromatic rings. The number of carbonyl (C=O) groups is 1. The second-order valence-corrected chi connectivity index (χ2v) is 6.25. The Morgan fingerprint density at radius 3 is 2.68 bits per heavy atom. The van der Waals surface area contributed by atoms with Gasteiger partial charge in [0.05, 0.1) is 11.8 Å². The maximum absolute atomic E-state index is 12.8. The molecule has 0 aliphatic rings. The number of anilines is 1. The first-order valence-corrected chi connectivity index (χ1v) is 8.84. The topological polar surface area (TPSA) is 70.4 Å². The molecule has 1 heterocycles.